The summed E-state index contributed by atoms with van der Waals surface area (Å²) in [6.07, 6.45) is 3.21. The van der Waals surface area contributed by atoms with Crippen LogP contribution in [-0.2, 0) is 6.42 Å². The summed E-state index contributed by atoms with van der Waals surface area (Å²) in [5.41, 5.74) is 7.36. The van der Waals surface area contributed by atoms with Gasteiger partial charge in [-0.05, 0) is 56.7 Å². The summed E-state index contributed by atoms with van der Waals surface area (Å²) in [7, 11) is 0. The number of ether oxygens (including phenoxy) is 2. The van der Waals surface area contributed by atoms with Gasteiger partial charge in [-0.25, -0.2) is 0 Å². The summed E-state index contributed by atoms with van der Waals surface area (Å²) in [5.74, 6) is 2.23. The first-order valence-corrected chi connectivity index (χ1v) is 7.72. The summed E-state index contributed by atoms with van der Waals surface area (Å²) in [6, 6.07) is 6.51. The zero-order valence-corrected chi connectivity index (χ0v) is 13.3. The van der Waals surface area contributed by atoms with Crippen molar-refractivity contribution in [3.05, 3.63) is 23.8 Å². The summed E-state index contributed by atoms with van der Waals surface area (Å²) in [6.45, 7) is 9.63. The van der Waals surface area contributed by atoms with Gasteiger partial charge < -0.3 is 15.2 Å². The maximum absolute atomic E-state index is 6.08. The highest BCUT2D eigenvalue weighted by molar-refractivity contribution is 5.43. The first-order chi connectivity index (χ1) is 9.58. The van der Waals surface area contributed by atoms with E-state index >= 15 is 0 Å². The van der Waals surface area contributed by atoms with Crippen LogP contribution in [0.3, 0.4) is 0 Å². The van der Waals surface area contributed by atoms with Crippen LogP contribution in [0.25, 0.3) is 0 Å². The first kappa shape index (κ1) is 16.8. The molecule has 2 N–H and O–H groups in total. The third-order valence-corrected chi connectivity index (χ3v) is 3.47. The van der Waals surface area contributed by atoms with E-state index in [1.807, 2.05) is 19.9 Å². The Morgan fingerprint density at radius 1 is 1.05 bits per heavy atom. The quantitative estimate of drug-likeness (QED) is 0.748. The van der Waals surface area contributed by atoms with Crippen molar-refractivity contribution >= 4 is 0 Å². The van der Waals surface area contributed by atoms with Crippen molar-refractivity contribution in [3.8, 4) is 11.5 Å². The summed E-state index contributed by atoms with van der Waals surface area (Å²) < 4.78 is 11.2. The summed E-state index contributed by atoms with van der Waals surface area (Å²) >= 11 is 0. The first-order valence-electron chi connectivity index (χ1n) is 7.72. The second-order valence-corrected chi connectivity index (χ2v) is 5.45. The van der Waals surface area contributed by atoms with Crippen LogP contribution in [-0.4, -0.2) is 19.3 Å². The molecule has 1 aromatic carbocycles. The maximum Gasteiger partial charge on any atom is 0.161 e. The molecule has 1 rings (SSSR count). The van der Waals surface area contributed by atoms with Crippen LogP contribution in [0.2, 0.25) is 0 Å². The molecule has 3 nitrogen and oxygen atoms in total. The van der Waals surface area contributed by atoms with Crippen molar-refractivity contribution in [2.45, 2.75) is 53.0 Å². The largest absolute Gasteiger partial charge is 0.490 e. The third kappa shape index (κ3) is 5.41. The van der Waals surface area contributed by atoms with E-state index in [-0.39, 0.29) is 0 Å². The normalized spacial score (nSPS) is 12.5. The number of hydrogen-bond acceptors (Lipinski definition) is 3. The predicted octanol–water partition coefficient (Wildman–Crippen LogP) is 3.79. The Morgan fingerprint density at radius 2 is 1.70 bits per heavy atom. The average molecular weight is 279 g/mol. The lowest BCUT2D eigenvalue weighted by molar-refractivity contribution is 0.287. The van der Waals surface area contributed by atoms with Gasteiger partial charge in [0.05, 0.1) is 13.2 Å². The van der Waals surface area contributed by atoms with Gasteiger partial charge in [0.15, 0.2) is 11.5 Å². The van der Waals surface area contributed by atoms with E-state index in [9.17, 15) is 0 Å². The molecule has 0 aliphatic heterocycles. The zero-order valence-electron chi connectivity index (χ0n) is 13.3. The van der Waals surface area contributed by atoms with Gasteiger partial charge in [-0.2, -0.15) is 0 Å². The molecule has 0 radical (unpaired) electrons. The molecule has 0 fully saturated rings. The zero-order chi connectivity index (χ0) is 15.0. The fourth-order valence-corrected chi connectivity index (χ4v) is 2.13. The van der Waals surface area contributed by atoms with Gasteiger partial charge >= 0.3 is 0 Å². The highest BCUT2D eigenvalue weighted by Crippen LogP contribution is 2.29. The number of rotatable bonds is 9. The topological polar surface area (TPSA) is 44.5 Å². The standard InChI is InChI=1S/C17H29NO2/c1-5-19-16-11-10-14(12-17(16)20-6-2)8-7-9-15(18)13(3)4/h10-13,15H,5-9,18H2,1-4H3. The number of benzene rings is 1. The molecular weight excluding hydrogens is 250 g/mol. The van der Waals surface area contributed by atoms with Gasteiger partial charge in [0, 0.05) is 6.04 Å². The maximum atomic E-state index is 6.08. The molecule has 0 saturated carbocycles. The van der Waals surface area contributed by atoms with Crippen molar-refractivity contribution in [2.75, 3.05) is 13.2 Å². The predicted molar refractivity (Wildman–Crippen MR) is 84.5 cm³/mol. The molecule has 0 aliphatic carbocycles. The van der Waals surface area contributed by atoms with Gasteiger partial charge in [-0.3, -0.25) is 0 Å². The molecule has 0 saturated heterocycles. The summed E-state index contributed by atoms with van der Waals surface area (Å²) in [4.78, 5) is 0. The Kier molecular flexibility index (Phi) is 7.45. The van der Waals surface area contributed by atoms with E-state index in [2.05, 4.69) is 26.0 Å². The Labute approximate surface area is 123 Å². The van der Waals surface area contributed by atoms with Crippen LogP contribution in [0, 0.1) is 5.92 Å². The molecule has 0 bridgehead atoms. The molecule has 1 atom stereocenters. The fraction of sp³-hybridized carbons (Fsp3) is 0.647. The highest BCUT2D eigenvalue weighted by Gasteiger charge is 2.09. The Bertz CT molecular complexity index is 391. The van der Waals surface area contributed by atoms with Crippen LogP contribution in [0.15, 0.2) is 18.2 Å². The van der Waals surface area contributed by atoms with E-state index < -0.39 is 0 Å². The summed E-state index contributed by atoms with van der Waals surface area (Å²) in [5, 5.41) is 0. The molecule has 0 heterocycles. The monoisotopic (exact) mass is 279 g/mol. The van der Waals surface area contributed by atoms with Crippen LogP contribution in [0.1, 0.15) is 46.1 Å². The Hall–Kier alpha value is -1.22. The molecule has 0 amide bonds. The smallest absolute Gasteiger partial charge is 0.161 e. The Balaban J connectivity index is 2.60. The number of aryl methyl sites for hydroxylation is 1. The highest BCUT2D eigenvalue weighted by atomic mass is 16.5. The van der Waals surface area contributed by atoms with Crippen molar-refractivity contribution in [3.63, 3.8) is 0 Å². The molecule has 0 aromatic heterocycles. The van der Waals surface area contributed by atoms with Crippen LogP contribution < -0.4 is 15.2 Å². The van der Waals surface area contributed by atoms with Crippen molar-refractivity contribution in [1.82, 2.24) is 0 Å². The van der Waals surface area contributed by atoms with Crippen LogP contribution in [0.4, 0.5) is 0 Å². The average Bonchev–Trinajstić information content (AvgIpc) is 2.41. The minimum Gasteiger partial charge on any atom is -0.490 e. The lowest BCUT2D eigenvalue weighted by atomic mass is 9.97. The van der Waals surface area contributed by atoms with Crippen LogP contribution in [0.5, 0.6) is 11.5 Å². The van der Waals surface area contributed by atoms with Crippen LogP contribution >= 0.6 is 0 Å². The van der Waals surface area contributed by atoms with Crippen molar-refractivity contribution < 1.29 is 9.47 Å². The van der Waals surface area contributed by atoms with E-state index in [1.54, 1.807) is 0 Å². The van der Waals surface area contributed by atoms with Gasteiger partial charge in [-0.15, -0.1) is 0 Å². The molecular formula is C17H29NO2. The lowest BCUT2D eigenvalue weighted by Gasteiger charge is -2.16. The molecule has 1 unspecified atom stereocenters. The fourth-order valence-electron chi connectivity index (χ4n) is 2.13. The van der Waals surface area contributed by atoms with Gasteiger partial charge in [0.2, 0.25) is 0 Å². The van der Waals surface area contributed by atoms with Gasteiger partial charge in [-0.1, -0.05) is 19.9 Å². The molecule has 0 aliphatic rings. The Morgan fingerprint density at radius 3 is 2.30 bits per heavy atom. The van der Waals surface area contributed by atoms with Gasteiger partial charge in [0.1, 0.15) is 0 Å². The lowest BCUT2D eigenvalue weighted by Crippen LogP contribution is -2.26. The molecule has 1 aromatic rings. The second-order valence-electron chi connectivity index (χ2n) is 5.45. The minimum absolute atomic E-state index is 0.295. The second kappa shape index (κ2) is 8.85. The van der Waals surface area contributed by atoms with E-state index in [1.165, 1.54) is 5.56 Å². The van der Waals surface area contributed by atoms with E-state index in [0.717, 1.165) is 30.8 Å². The van der Waals surface area contributed by atoms with E-state index in [4.69, 9.17) is 15.2 Å². The molecule has 3 heteroatoms. The molecule has 20 heavy (non-hydrogen) atoms. The van der Waals surface area contributed by atoms with E-state index in [0.29, 0.717) is 25.2 Å². The SMILES string of the molecule is CCOc1ccc(CCCC(N)C(C)C)cc1OCC. The van der Waals surface area contributed by atoms with Crippen molar-refractivity contribution in [1.29, 1.82) is 0 Å². The van der Waals surface area contributed by atoms with Crippen molar-refractivity contribution in [2.24, 2.45) is 11.7 Å². The molecule has 0 spiro atoms. The number of hydrogen-bond donors (Lipinski definition) is 1. The van der Waals surface area contributed by atoms with Gasteiger partial charge in [0.25, 0.3) is 0 Å². The third-order valence-electron chi connectivity index (χ3n) is 3.47. The minimum atomic E-state index is 0.295. The number of nitrogens with two attached hydrogens (primary N) is 1. The molecule has 114 valence electrons.